The Bertz CT molecular complexity index is 376. The molecule has 0 fully saturated rings. The maximum Gasteiger partial charge on any atom is 0.241 e. The molecule has 0 radical (unpaired) electrons. The van der Waals surface area contributed by atoms with Crippen LogP contribution in [0, 0.1) is 0 Å². The highest BCUT2D eigenvalue weighted by molar-refractivity contribution is 5.83. The Morgan fingerprint density at radius 2 is 1.84 bits per heavy atom. The standard InChI is InChI=1S/C15H25N3O/c1-4-18(5-2)11-12(3)17-15(19)14(16)13-9-7-6-8-10-13/h6-10,12,14H,4-5,11,16H2,1-3H3,(H,17,19)/t12?,14-/m0/s1. The molecule has 0 saturated carbocycles. The number of rotatable bonds is 7. The van der Waals surface area contributed by atoms with Gasteiger partial charge in [-0.15, -0.1) is 0 Å². The zero-order valence-corrected chi connectivity index (χ0v) is 12.1. The molecule has 1 amide bonds. The molecule has 1 rings (SSSR count). The van der Waals surface area contributed by atoms with Gasteiger partial charge in [0, 0.05) is 12.6 Å². The summed E-state index contributed by atoms with van der Waals surface area (Å²) in [6.07, 6.45) is 0. The van der Waals surface area contributed by atoms with Crippen LogP contribution < -0.4 is 11.1 Å². The summed E-state index contributed by atoms with van der Waals surface area (Å²) in [6, 6.07) is 8.95. The molecule has 2 atom stereocenters. The van der Waals surface area contributed by atoms with Crippen LogP contribution in [0.3, 0.4) is 0 Å². The molecule has 0 bridgehead atoms. The first-order valence-corrected chi connectivity index (χ1v) is 6.91. The van der Waals surface area contributed by atoms with E-state index in [2.05, 4.69) is 24.1 Å². The second kappa shape index (κ2) is 7.92. The molecule has 0 aliphatic rings. The van der Waals surface area contributed by atoms with Crippen molar-refractivity contribution in [2.24, 2.45) is 5.73 Å². The second-order valence-electron chi connectivity index (χ2n) is 4.78. The summed E-state index contributed by atoms with van der Waals surface area (Å²) in [5.74, 6) is -0.120. The highest BCUT2D eigenvalue weighted by Crippen LogP contribution is 2.09. The van der Waals surface area contributed by atoms with Crippen LogP contribution in [0.1, 0.15) is 32.4 Å². The Hall–Kier alpha value is -1.39. The Morgan fingerprint density at radius 3 is 2.37 bits per heavy atom. The summed E-state index contributed by atoms with van der Waals surface area (Å²) in [7, 11) is 0. The Labute approximate surface area is 116 Å². The van der Waals surface area contributed by atoms with Crippen molar-refractivity contribution in [2.75, 3.05) is 19.6 Å². The van der Waals surface area contributed by atoms with E-state index in [0.29, 0.717) is 0 Å². The molecule has 0 spiro atoms. The van der Waals surface area contributed by atoms with Crippen molar-refractivity contribution < 1.29 is 4.79 Å². The lowest BCUT2D eigenvalue weighted by Gasteiger charge is -2.24. The lowest BCUT2D eigenvalue weighted by atomic mass is 10.1. The molecular weight excluding hydrogens is 238 g/mol. The smallest absolute Gasteiger partial charge is 0.241 e. The highest BCUT2D eigenvalue weighted by Gasteiger charge is 2.18. The predicted molar refractivity (Wildman–Crippen MR) is 78.8 cm³/mol. The van der Waals surface area contributed by atoms with Crippen LogP contribution >= 0.6 is 0 Å². The van der Waals surface area contributed by atoms with Crippen LogP contribution in [0.25, 0.3) is 0 Å². The zero-order valence-electron chi connectivity index (χ0n) is 12.1. The van der Waals surface area contributed by atoms with Gasteiger partial charge in [-0.3, -0.25) is 4.79 Å². The highest BCUT2D eigenvalue weighted by atomic mass is 16.2. The van der Waals surface area contributed by atoms with E-state index in [1.54, 1.807) is 0 Å². The van der Waals surface area contributed by atoms with Gasteiger partial charge in [-0.05, 0) is 25.6 Å². The number of hydrogen-bond donors (Lipinski definition) is 2. The van der Waals surface area contributed by atoms with Crippen LogP contribution in [0.2, 0.25) is 0 Å². The Kier molecular flexibility index (Phi) is 6.53. The predicted octanol–water partition coefficient (Wildman–Crippen LogP) is 1.53. The summed E-state index contributed by atoms with van der Waals surface area (Å²) in [6.45, 7) is 9.07. The first-order chi connectivity index (χ1) is 9.08. The van der Waals surface area contributed by atoms with E-state index >= 15 is 0 Å². The van der Waals surface area contributed by atoms with E-state index in [1.165, 1.54) is 0 Å². The van der Waals surface area contributed by atoms with Crippen molar-refractivity contribution in [1.29, 1.82) is 0 Å². The fourth-order valence-corrected chi connectivity index (χ4v) is 2.06. The zero-order chi connectivity index (χ0) is 14.3. The largest absolute Gasteiger partial charge is 0.351 e. The number of carbonyl (C=O) groups excluding carboxylic acids is 1. The van der Waals surface area contributed by atoms with Crippen molar-refractivity contribution in [1.82, 2.24) is 10.2 Å². The van der Waals surface area contributed by atoms with E-state index in [4.69, 9.17) is 5.73 Å². The summed E-state index contributed by atoms with van der Waals surface area (Å²) in [5, 5.41) is 2.97. The van der Waals surface area contributed by atoms with Gasteiger partial charge in [0.25, 0.3) is 0 Å². The van der Waals surface area contributed by atoms with E-state index in [9.17, 15) is 4.79 Å². The quantitative estimate of drug-likeness (QED) is 0.784. The molecule has 0 heterocycles. The van der Waals surface area contributed by atoms with E-state index < -0.39 is 6.04 Å². The maximum atomic E-state index is 12.1. The molecule has 0 aromatic heterocycles. The Morgan fingerprint density at radius 1 is 1.26 bits per heavy atom. The average molecular weight is 263 g/mol. The molecule has 106 valence electrons. The number of amides is 1. The number of hydrogen-bond acceptors (Lipinski definition) is 3. The van der Waals surface area contributed by atoms with Gasteiger partial charge in [0.2, 0.25) is 5.91 Å². The number of carbonyl (C=O) groups is 1. The third kappa shape index (κ3) is 5.01. The number of likely N-dealkylation sites (N-methyl/N-ethyl adjacent to an activating group) is 1. The molecule has 0 aliphatic heterocycles. The van der Waals surface area contributed by atoms with Gasteiger partial charge in [-0.25, -0.2) is 0 Å². The number of nitrogens with zero attached hydrogens (tertiary/aromatic N) is 1. The molecule has 19 heavy (non-hydrogen) atoms. The van der Waals surface area contributed by atoms with Gasteiger partial charge in [0.05, 0.1) is 0 Å². The SMILES string of the molecule is CCN(CC)CC(C)NC(=O)[C@@H](N)c1ccccc1. The van der Waals surface area contributed by atoms with Gasteiger partial charge in [-0.2, -0.15) is 0 Å². The van der Waals surface area contributed by atoms with Crippen LogP contribution in [0.5, 0.6) is 0 Å². The lowest BCUT2D eigenvalue weighted by Crippen LogP contribution is -2.45. The summed E-state index contributed by atoms with van der Waals surface area (Å²) < 4.78 is 0. The van der Waals surface area contributed by atoms with Crippen LogP contribution in [0.15, 0.2) is 30.3 Å². The van der Waals surface area contributed by atoms with Crippen molar-refractivity contribution in [3.8, 4) is 0 Å². The Balaban J connectivity index is 2.50. The third-order valence-electron chi connectivity index (χ3n) is 3.26. The summed E-state index contributed by atoms with van der Waals surface area (Å²) in [4.78, 5) is 14.3. The van der Waals surface area contributed by atoms with E-state index in [-0.39, 0.29) is 11.9 Å². The molecule has 1 unspecified atom stereocenters. The average Bonchev–Trinajstić information content (AvgIpc) is 2.44. The van der Waals surface area contributed by atoms with Crippen LogP contribution in [0.4, 0.5) is 0 Å². The number of benzene rings is 1. The fourth-order valence-electron chi connectivity index (χ4n) is 2.06. The third-order valence-corrected chi connectivity index (χ3v) is 3.26. The van der Waals surface area contributed by atoms with Crippen LogP contribution in [-0.2, 0) is 4.79 Å². The van der Waals surface area contributed by atoms with Gasteiger partial charge in [0.15, 0.2) is 0 Å². The molecule has 4 heteroatoms. The molecule has 3 N–H and O–H groups in total. The minimum absolute atomic E-state index is 0.0992. The van der Waals surface area contributed by atoms with Gasteiger partial charge < -0.3 is 16.0 Å². The maximum absolute atomic E-state index is 12.1. The van der Waals surface area contributed by atoms with Gasteiger partial charge in [-0.1, -0.05) is 44.2 Å². The first-order valence-electron chi connectivity index (χ1n) is 6.91. The van der Waals surface area contributed by atoms with Gasteiger partial charge >= 0.3 is 0 Å². The van der Waals surface area contributed by atoms with Crippen molar-refractivity contribution >= 4 is 5.91 Å². The first kappa shape index (κ1) is 15.7. The van der Waals surface area contributed by atoms with E-state index in [0.717, 1.165) is 25.2 Å². The topological polar surface area (TPSA) is 58.4 Å². The fraction of sp³-hybridized carbons (Fsp3) is 0.533. The van der Waals surface area contributed by atoms with Crippen molar-refractivity contribution in [3.63, 3.8) is 0 Å². The van der Waals surface area contributed by atoms with Crippen molar-refractivity contribution in [3.05, 3.63) is 35.9 Å². The monoisotopic (exact) mass is 263 g/mol. The molecular formula is C15H25N3O. The second-order valence-corrected chi connectivity index (χ2v) is 4.78. The molecule has 1 aromatic rings. The minimum Gasteiger partial charge on any atom is -0.351 e. The van der Waals surface area contributed by atoms with Crippen molar-refractivity contribution in [2.45, 2.75) is 32.9 Å². The molecule has 1 aromatic carbocycles. The molecule has 0 saturated heterocycles. The van der Waals surface area contributed by atoms with Crippen LogP contribution in [-0.4, -0.2) is 36.5 Å². The number of nitrogens with one attached hydrogen (secondary N) is 1. The minimum atomic E-state index is -0.597. The van der Waals surface area contributed by atoms with E-state index in [1.807, 2.05) is 37.3 Å². The lowest BCUT2D eigenvalue weighted by molar-refractivity contribution is -0.123. The normalized spacial score (nSPS) is 14.2. The molecule has 4 nitrogen and oxygen atoms in total. The summed E-state index contributed by atoms with van der Waals surface area (Å²) >= 11 is 0. The molecule has 0 aliphatic carbocycles. The summed E-state index contributed by atoms with van der Waals surface area (Å²) in [5.41, 5.74) is 6.80. The van der Waals surface area contributed by atoms with Gasteiger partial charge in [0.1, 0.15) is 6.04 Å². The number of nitrogens with two attached hydrogens (primary N) is 1.